The molecule has 120 valence electrons. The second-order valence-corrected chi connectivity index (χ2v) is 5.00. The molecule has 3 nitrogen and oxygen atoms in total. The molecule has 0 unspecified atom stereocenters. The number of hydrogen-bond donors (Lipinski definition) is 0. The number of rotatable bonds is 10. The van der Waals surface area contributed by atoms with Crippen LogP contribution in [0.25, 0.3) is 0 Å². The predicted octanol–water partition coefficient (Wildman–Crippen LogP) is 4.88. The molecule has 0 amide bonds. The molecular formula is C20H22O3. The van der Waals surface area contributed by atoms with Crippen LogP contribution in [0.2, 0.25) is 0 Å². The Hall–Kier alpha value is -2.36. The zero-order valence-corrected chi connectivity index (χ0v) is 13.2. The maximum absolute atomic E-state index is 5.83. The minimum absolute atomic E-state index is 0.557. The van der Waals surface area contributed by atoms with E-state index in [9.17, 15) is 0 Å². The van der Waals surface area contributed by atoms with E-state index in [2.05, 4.69) is 13.2 Å². The molecule has 0 spiro atoms. The monoisotopic (exact) mass is 310 g/mol. The standard InChI is InChI=1S/C20H22O3/c1-3-13-21-15-17-5-9-19(10-6-17)23-20-11-7-18(8-12-20)16-22-14-4-2/h3-12H,1-2,13-16H2. The van der Waals surface area contributed by atoms with Gasteiger partial charge in [0.05, 0.1) is 26.4 Å². The van der Waals surface area contributed by atoms with Gasteiger partial charge in [-0.1, -0.05) is 36.4 Å². The largest absolute Gasteiger partial charge is 0.457 e. The number of hydrogen-bond acceptors (Lipinski definition) is 3. The van der Waals surface area contributed by atoms with Crippen molar-refractivity contribution in [1.82, 2.24) is 0 Å². The van der Waals surface area contributed by atoms with Gasteiger partial charge in [0.15, 0.2) is 0 Å². The van der Waals surface area contributed by atoms with Crippen molar-refractivity contribution in [2.75, 3.05) is 13.2 Å². The van der Waals surface area contributed by atoms with E-state index in [1.54, 1.807) is 12.2 Å². The minimum Gasteiger partial charge on any atom is -0.457 e. The molecule has 2 aromatic carbocycles. The lowest BCUT2D eigenvalue weighted by Gasteiger charge is -2.08. The molecule has 3 heteroatoms. The van der Waals surface area contributed by atoms with Gasteiger partial charge >= 0.3 is 0 Å². The third-order valence-corrected chi connectivity index (χ3v) is 3.09. The molecule has 0 saturated carbocycles. The van der Waals surface area contributed by atoms with Crippen LogP contribution < -0.4 is 4.74 Å². The first kappa shape index (κ1) is 17.0. The van der Waals surface area contributed by atoms with Crippen LogP contribution >= 0.6 is 0 Å². The molecule has 2 rings (SSSR count). The Kier molecular flexibility index (Phi) is 7.11. The highest BCUT2D eigenvalue weighted by Crippen LogP contribution is 2.22. The van der Waals surface area contributed by atoms with Gasteiger partial charge in [-0.3, -0.25) is 0 Å². The van der Waals surface area contributed by atoms with Crippen molar-refractivity contribution in [1.29, 1.82) is 0 Å². The molecule has 0 heterocycles. The first-order valence-electron chi connectivity index (χ1n) is 7.55. The summed E-state index contributed by atoms with van der Waals surface area (Å²) >= 11 is 0. The van der Waals surface area contributed by atoms with Crippen molar-refractivity contribution in [3.05, 3.63) is 85.0 Å². The van der Waals surface area contributed by atoms with Crippen molar-refractivity contribution < 1.29 is 14.2 Å². The molecule has 0 aliphatic rings. The van der Waals surface area contributed by atoms with Crippen molar-refractivity contribution in [3.8, 4) is 11.5 Å². The summed E-state index contributed by atoms with van der Waals surface area (Å²) in [6, 6.07) is 15.7. The summed E-state index contributed by atoms with van der Waals surface area (Å²) in [6.07, 6.45) is 3.48. The van der Waals surface area contributed by atoms with E-state index in [-0.39, 0.29) is 0 Å². The van der Waals surface area contributed by atoms with Gasteiger partial charge in [-0.25, -0.2) is 0 Å². The summed E-state index contributed by atoms with van der Waals surface area (Å²) in [6.45, 7) is 9.51. The Bertz CT molecular complexity index is 544. The van der Waals surface area contributed by atoms with Crippen molar-refractivity contribution in [3.63, 3.8) is 0 Å². The van der Waals surface area contributed by atoms with E-state index in [1.807, 2.05) is 48.5 Å². The van der Waals surface area contributed by atoms with Crippen LogP contribution in [0, 0.1) is 0 Å². The average Bonchev–Trinajstić information content (AvgIpc) is 2.58. The highest BCUT2D eigenvalue weighted by atomic mass is 16.5. The maximum atomic E-state index is 5.83. The highest BCUT2D eigenvalue weighted by molar-refractivity contribution is 5.34. The van der Waals surface area contributed by atoms with Crippen molar-refractivity contribution in [2.45, 2.75) is 13.2 Å². The number of ether oxygens (including phenoxy) is 3. The summed E-state index contributed by atoms with van der Waals surface area (Å²) in [4.78, 5) is 0. The van der Waals surface area contributed by atoms with Crippen LogP contribution in [0.1, 0.15) is 11.1 Å². The first-order valence-corrected chi connectivity index (χ1v) is 7.55. The molecular weight excluding hydrogens is 288 g/mol. The van der Waals surface area contributed by atoms with Crippen LogP contribution in [-0.2, 0) is 22.7 Å². The lowest BCUT2D eigenvalue weighted by Crippen LogP contribution is -1.93. The summed E-state index contributed by atoms with van der Waals surface area (Å²) in [5.74, 6) is 1.60. The Morgan fingerprint density at radius 1 is 0.652 bits per heavy atom. The lowest BCUT2D eigenvalue weighted by atomic mass is 10.2. The second-order valence-electron chi connectivity index (χ2n) is 5.00. The molecule has 0 atom stereocenters. The van der Waals surface area contributed by atoms with Crippen LogP contribution in [-0.4, -0.2) is 13.2 Å². The molecule has 0 bridgehead atoms. The van der Waals surface area contributed by atoms with Crippen LogP contribution in [0.3, 0.4) is 0 Å². The quantitative estimate of drug-likeness (QED) is 0.462. The SMILES string of the molecule is C=CCOCc1ccc(Oc2ccc(COCC=C)cc2)cc1. The fourth-order valence-corrected chi connectivity index (χ4v) is 1.96. The topological polar surface area (TPSA) is 27.7 Å². The van der Waals surface area contributed by atoms with Gasteiger partial charge in [0.1, 0.15) is 11.5 Å². The number of benzene rings is 2. The molecule has 0 aromatic heterocycles. The molecule has 23 heavy (non-hydrogen) atoms. The van der Waals surface area contributed by atoms with E-state index >= 15 is 0 Å². The molecule has 0 fully saturated rings. The zero-order chi connectivity index (χ0) is 16.3. The Balaban J connectivity index is 1.86. The zero-order valence-electron chi connectivity index (χ0n) is 13.2. The smallest absolute Gasteiger partial charge is 0.127 e. The van der Waals surface area contributed by atoms with Gasteiger partial charge in [-0.05, 0) is 35.4 Å². The molecule has 0 aliphatic carbocycles. The fourth-order valence-electron chi connectivity index (χ4n) is 1.96. The Morgan fingerprint density at radius 2 is 1.04 bits per heavy atom. The van der Waals surface area contributed by atoms with Crippen LogP contribution in [0.15, 0.2) is 73.8 Å². The minimum atomic E-state index is 0.557. The van der Waals surface area contributed by atoms with Gasteiger partial charge in [0.2, 0.25) is 0 Å². The molecule has 0 aliphatic heterocycles. The maximum Gasteiger partial charge on any atom is 0.127 e. The van der Waals surface area contributed by atoms with Crippen molar-refractivity contribution >= 4 is 0 Å². The van der Waals surface area contributed by atoms with E-state index in [1.165, 1.54) is 0 Å². The van der Waals surface area contributed by atoms with E-state index in [4.69, 9.17) is 14.2 Å². The van der Waals surface area contributed by atoms with Gasteiger partial charge in [-0.15, -0.1) is 13.2 Å². The lowest BCUT2D eigenvalue weighted by molar-refractivity contribution is 0.149. The van der Waals surface area contributed by atoms with Crippen LogP contribution in [0.4, 0.5) is 0 Å². The molecule has 0 radical (unpaired) electrons. The van der Waals surface area contributed by atoms with E-state index < -0.39 is 0 Å². The normalized spacial score (nSPS) is 10.3. The summed E-state index contributed by atoms with van der Waals surface area (Å²) in [5, 5.41) is 0. The third-order valence-electron chi connectivity index (χ3n) is 3.09. The Labute approximate surface area is 137 Å². The van der Waals surface area contributed by atoms with Gasteiger partial charge in [-0.2, -0.15) is 0 Å². The first-order chi connectivity index (χ1) is 11.3. The Morgan fingerprint density at radius 3 is 1.39 bits per heavy atom. The molecule has 2 aromatic rings. The highest BCUT2D eigenvalue weighted by Gasteiger charge is 1.99. The third kappa shape index (κ3) is 6.10. The second kappa shape index (κ2) is 9.62. The summed E-state index contributed by atoms with van der Waals surface area (Å²) in [7, 11) is 0. The summed E-state index contributed by atoms with van der Waals surface area (Å²) in [5.41, 5.74) is 2.21. The van der Waals surface area contributed by atoms with Gasteiger partial charge in [0, 0.05) is 0 Å². The predicted molar refractivity (Wildman–Crippen MR) is 92.7 cm³/mol. The average molecular weight is 310 g/mol. The van der Waals surface area contributed by atoms with Crippen molar-refractivity contribution in [2.24, 2.45) is 0 Å². The van der Waals surface area contributed by atoms with Gasteiger partial charge < -0.3 is 14.2 Å². The van der Waals surface area contributed by atoms with E-state index in [0.29, 0.717) is 26.4 Å². The molecule has 0 N–H and O–H groups in total. The summed E-state index contributed by atoms with van der Waals surface area (Å²) < 4.78 is 16.6. The van der Waals surface area contributed by atoms with E-state index in [0.717, 1.165) is 22.6 Å². The van der Waals surface area contributed by atoms with Gasteiger partial charge in [0.25, 0.3) is 0 Å². The van der Waals surface area contributed by atoms with Crippen LogP contribution in [0.5, 0.6) is 11.5 Å². The molecule has 0 saturated heterocycles. The fraction of sp³-hybridized carbons (Fsp3) is 0.200.